The second-order valence-corrected chi connectivity index (χ2v) is 11.5. The number of hydrogen-bond donors (Lipinski definition) is 3. The largest absolute Gasteiger partial charge is 0.465 e. The van der Waals surface area contributed by atoms with E-state index in [1.54, 1.807) is 56.8 Å². The number of carbonyl (C=O) groups is 4. The van der Waals surface area contributed by atoms with Crippen LogP contribution in [0.4, 0.5) is 9.59 Å². The molecule has 206 valence electrons. The first-order valence-electron chi connectivity index (χ1n) is 12.2. The van der Waals surface area contributed by atoms with Crippen LogP contribution in [-0.2, 0) is 20.7 Å². The standard InChI is InChI=1S/C25H38N4O7S/c1-17(2)37-16-26-15-21(30)27-20(22(31)36-25(3,4)5)14-18-6-8-19(9-7-18)35-24(34)29-12-10-28(11-13-29)23(32)33/h6-9,17,20,26H,10-16H2,1-5H3,(H,27,30)(H,32,33)/t20-/m0/s1. The molecule has 37 heavy (non-hydrogen) atoms. The molecule has 1 atom stereocenters. The van der Waals surface area contributed by atoms with Crippen LogP contribution in [0, 0.1) is 0 Å². The number of carbonyl (C=O) groups excluding carboxylic acids is 3. The maximum atomic E-state index is 12.8. The van der Waals surface area contributed by atoms with Crippen LogP contribution in [0.15, 0.2) is 24.3 Å². The molecule has 1 aromatic rings. The van der Waals surface area contributed by atoms with Crippen molar-refractivity contribution in [3.63, 3.8) is 0 Å². The molecule has 1 aliphatic rings. The molecule has 0 spiro atoms. The third-order valence-electron chi connectivity index (χ3n) is 5.21. The molecule has 0 aromatic heterocycles. The number of carboxylic acid groups (broad SMARTS) is 1. The molecule has 0 aliphatic carbocycles. The normalized spacial score (nSPS) is 14.8. The van der Waals surface area contributed by atoms with Crippen molar-refractivity contribution < 1.29 is 33.8 Å². The Morgan fingerprint density at radius 1 is 1.03 bits per heavy atom. The molecule has 1 fully saturated rings. The Bertz CT molecular complexity index is 926. The van der Waals surface area contributed by atoms with Crippen LogP contribution >= 0.6 is 11.8 Å². The van der Waals surface area contributed by atoms with E-state index in [0.29, 0.717) is 16.9 Å². The summed E-state index contributed by atoms with van der Waals surface area (Å²) in [6.45, 7) is 10.5. The zero-order chi connectivity index (χ0) is 27.6. The molecular formula is C25H38N4O7S. The quantitative estimate of drug-likeness (QED) is 0.233. The summed E-state index contributed by atoms with van der Waals surface area (Å²) in [6, 6.07) is 5.77. The molecule has 1 aliphatic heterocycles. The van der Waals surface area contributed by atoms with Crippen LogP contribution in [0.5, 0.6) is 5.75 Å². The first kappa shape index (κ1) is 30.2. The first-order valence-corrected chi connectivity index (χ1v) is 13.3. The van der Waals surface area contributed by atoms with Gasteiger partial charge >= 0.3 is 18.2 Å². The summed E-state index contributed by atoms with van der Waals surface area (Å²) in [4.78, 5) is 51.4. The molecule has 0 saturated carbocycles. The van der Waals surface area contributed by atoms with Crippen molar-refractivity contribution in [1.82, 2.24) is 20.4 Å². The highest BCUT2D eigenvalue weighted by Gasteiger charge is 2.28. The molecule has 0 unspecified atom stereocenters. The van der Waals surface area contributed by atoms with Gasteiger partial charge in [0.05, 0.1) is 6.54 Å². The fourth-order valence-corrected chi connectivity index (χ4v) is 3.93. The number of ether oxygens (including phenoxy) is 2. The van der Waals surface area contributed by atoms with E-state index in [1.165, 1.54) is 9.80 Å². The Labute approximate surface area is 222 Å². The summed E-state index contributed by atoms with van der Waals surface area (Å²) in [5, 5.41) is 15.3. The van der Waals surface area contributed by atoms with Crippen molar-refractivity contribution >= 4 is 35.8 Å². The Hall–Kier alpha value is -2.99. The minimum Gasteiger partial charge on any atom is -0.465 e. The molecule has 12 heteroatoms. The fraction of sp³-hybridized carbons (Fsp3) is 0.600. The highest BCUT2D eigenvalue weighted by molar-refractivity contribution is 7.99. The van der Waals surface area contributed by atoms with E-state index in [4.69, 9.17) is 14.6 Å². The number of rotatable bonds is 10. The van der Waals surface area contributed by atoms with Crippen molar-refractivity contribution in [3.05, 3.63) is 29.8 Å². The summed E-state index contributed by atoms with van der Waals surface area (Å²) in [7, 11) is 0. The minimum absolute atomic E-state index is 0.0780. The van der Waals surface area contributed by atoms with Crippen molar-refractivity contribution in [2.45, 2.75) is 57.9 Å². The van der Waals surface area contributed by atoms with E-state index < -0.39 is 29.8 Å². The number of amides is 3. The minimum atomic E-state index is -1.01. The molecule has 1 heterocycles. The molecule has 11 nitrogen and oxygen atoms in total. The fourth-order valence-electron chi connectivity index (χ4n) is 3.38. The lowest BCUT2D eigenvalue weighted by molar-refractivity contribution is -0.158. The lowest BCUT2D eigenvalue weighted by Crippen LogP contribution is -2.51. The van der Waals surface area contributed by atoms with E-state index in [0.717, 1.165) is 5.56 Å². The monoisotopic (exact) mass is 538 g/mol. The van der Waals surface area contributed by atoms with E-state index in [2.05, 4.69) is 24.5 Å². The first-order chi connectivity index (χ1) is 17.3. The number of esters is 1. The topological polar surface area (TPSA) is 138 Å². The van der Waals surface area contributed by atoms with Crippen molar-refractivity contribution in [2.24, 2.45) is 0 Å². The number of hydrogen-bond acceptors (Lipinski definition) is 8. The van der Waals surface area contributed by atoms with Gasteiger partial charge in [-0.15, -0.1) is 11.8 Å². The van der Waals surface area contributed by atoms with Crippen LogP contribution in [0.3, 0.4) is 0 Å². The zero-order valence-electron chi connectivity index (χ0n) is 22.1. The van der Waals surface area contributed by atoms with Crippen LogP contribution in [-0.4, -0.2) is 94.5 Å². The van der Waals surface area contributed by atoms with Gasteiger partial charge in [0, 0.05) is 43.7 Å². The van der Waals surface area contributed by atoms with Crippen molar-refractivity contribution in [3.8, 4) is 5.75 Å². The predicted molar refractivity (Wildman–Crippen MR) is 141 cm³/mol. The number of thioether (sulfide) groups is 1. The predicted octanol–water partition coefficient (Wildman–Crippen LogP) is 2.54. The van der Waals surface area contributed by atoms with Gasteiger partial charge in [0.1, 0.15) is 17.4 Å². The van der Waals surface area contributed by atoms with Crippen LogP contribution < -0.4 is 15.4 Å². The number of nitrogens with zero attached hydrogens (tertiary/aromatic N) is 2. The third kappa shape index (κ3) is 11.3. The molecular weight excluding hydrogens is 500 g/mol. The van der Waals surface area contributed by atoms with E-state index in [1.807, 2.05) is 0 Å². The summed E-state index contributed by atoms with van der Waals surface area (Å²) < 4.78 is 10.9. The smallest absolute Gasteiger partial charge is 0.415 e. The Morgan fingerprint density at radius 2 is 1.62 bits per heavy atom. The van der Waals surface area contributed by atoms with Crippen LogP contribution in [0.1, 0.15) is 40.2 Å². The Balaban J connectivity index is 1.95. The molecule has 0 radical (unpaired) electrons. The number of nitrogens with one attached hydrogen (secondary N) is 2. The summed E-state index contributed by atoms with van der Waals surface area (Å²) in [5.74, 6) is 0.0961. The maximum absolute atomic E-state index is 12.8. The average Bonchev–Trinajstić information content (AvgIpc) is 2.81. The van der Waals surface area contributed by atoms with Gasteiger partial charge in [-0.25, -0.2) is 14.4 Å². The molecule has 1 saturated heterocycles. The van der Waals surface area contributed by atoms with E-state index >= 15 is 0 Å². The van der Waals surface area contributed by atoms with E-state index in [-0.39, 0.29) is 45.1 Å². The second-order valence-electron chi connectivity index (χ2n) is 9.91. The Morgan fingerprint density at radius 3 is 2.16 bits per heavy atom. The molecule has 0 bridgehead atoms. The molecule has 3 N–H and O–H groups in total. The number of piperazine rings is 1. The van der Waals surface area contributed by atoms with Crippen LogP contribution in [0.2, 0.25) is 0 Å². The lowest BCUT2D eigenvalue weighted by atomic mass is 10.1. The van der Waals surface area contributed by atoms with Gasteiger partial charge in [-0.05, 0) is 38.5 Å². The third-order valence-corrected chi connectivity index (χ3v) is 6.24. The highest BCUT2D eigenvalue weighted by Crippen LogP contribution is 2.17. The highest BCUT2D eigenvalue weighted by atomic mass is 32.2. The van der Waals surface area contributed by atoms with Gasteiger partial charge in [0.25, 0.3) is 0 Å². The molecule has 3 amide bonds. The summed E-state index contributed by atoms with van der Waals surface area (Å²) in [6.07, 6.45) is -1.36. The lowest BCUT2D eigenvalue weighted by Gasteiger charge is -2.32. The van der Waals surface area contributed by atoms with Gasteiger partial charge in [-0.3, -0.25) is 10.1 Å². The van der Waals surface area contributed by atoms with Crippen molar-refractivity contribution in [2.75, 3.05) is 38.6 Å². The zero-order valence-corrected chi connectivity index (χ0v) is 22.9. The van der Waals surface area contributed by atoms with Gasteiger partial charge in [0.15, 0.2) is 0 Å². The average molecular weight is 539 g/mol. The summed E-state index contributed by atoms with van der Waals surface area (Å²) in [5.41, 5.74) is 0.0367. The van der Waals surface area contributed by atoms with Gasteiger partial charge in [0.2, 0.25) is 5.91 Å². The maximum Gasteiger partial charge on any atom is 0.415 e. The van der Waals surface area contributed by atoms with Gasteiger partial charge in [-0.2, -0.15) is 0 Å². The summed E-state index contributed by atoms with van der Waals surface area (Å²) >= 11 is 1.68. The van der Waals surface area contributed by atoms with E-state index in [9.17, 15) is 19.2 Å². The Kier molecular flexibility index (Phi) is 11.5. The van der Waals surface area contributed by atoms with Gasteiger partial charge in [-0.1, -0.05) is 26.0 Å². The van der Waals surface area contributed by atoms with Crippen LogP contribution in [0.25, 0.3) is 0 Å². The van der Waals surface area contributed by atoms with Gasteiger partial charge < -0.3 is 29.7 Å². The SMILES string of the molecule is CC(C)SCNCC(=O)N[C@@H](Cc1ccc(OC(=O)N2CCN(C(=O)O)CC2)cc1)C(=O)OC(C)(C)C. The second kappa shape index (κ2) is 14.1. The number of benzene rings is 1. The van der Waals surface area contributed by atoms with Crippen molar-refractivity contribution in [1.29, 1.82) is 0 Å². The molecule has 2 rings (SSSR count). The molecule has 1 aromatic carbocycles.